The molecule has 0 aliphatic rings. The molecule has 12 nitrogen and oxygen atoms in total. The largest absolute Gasteiger partial charge is 0.508 e. The number of hydrogen-bond donors (Lipinski definition) is 5. The molecule has 12 heteroatoms. The molecule has 3 aromatic heterocycles. The first-order chi connectivity index (χ1) is 18.2. The van der Waals surface area contributed by atoms with Crippen LogP contribution in [0.5, 0.6) is 5.75 Å². The van der Waals surface area contributed by atoms with Gasteiger partial charge < -0.3 is 27.2 Å². The average molecular weight is 512 g/mol. The maximum absolute atomic E-state index is 13.7. The summed E-state index contributed by atoms with van der Waals surface area (Å²) in [5.74, 6) is 0.773. The summed E-state index contributed by atoms with van der Waals surface area (Å²) in [7, 11) is 0. The summed E-state index contributed by atoms with van der Waals surface area (Å²) in [6.45, 7) is 3.70. The van der Waals surface area contributed by atoms with Crippen molar-refractivity contribution >= 4 is 28.9 Å². The van der Waals surface area contributed by atoms with E-state index in [0.29, 0.717) is 34.0 Å². The van der Waals surface area contributed by atoms with Crippen molar-refractivity contribution in [2.24, 2.45) is 5.73 Å². The second-order valence-electron chi connectivity index (χ2n) is 8.73. The van der Waals surface area contributed by atoms with Crippen LogP contribution in [0.3, 0.4) is 0 Å². The van der Waals surface area contributed by atoms with Crippen LogP contribution in [-0.2, 0) is 0 Å². The fourth-order valence-corrected chi connectivity index (χ4v) is 4.37. The van der Waals surface area contributed by atoms with Crippen LogP contribution in [0.15, 0.2) is 71.9 Å². The number of fused-ring (bicyclic) bond motifs is 1. The van der Waals surface area contributed by atoms with E-state index < -0.39 is 12.1 Å². The Morgan fingerprint density at radius 3 is 2.61 bits per heavy atom. The topological polar surface area (TPSA) is 178 Å². The minimum atomic E-state index is -0.786. The van der Waals surface area contributed by atoms with Crippen molar-refractivity contribution in [1.29, 1.82) is 0 Å². The summed E-state index contributed by atoms with van der Waals surface area (Å²) in [5.41, 5.74) is 14.3. The number of nitrogens with two attached hydrogens (primary N) is 2. The number of carbonyl (C=O) groups excluding carboxylic acids is 1. The number of nitrogen functional groups attached to an aromatic ring is 1. The van der Waals surface area contributed by atoms with Crippen LogP contribution in [0, 0.1) is 6.92 Å². The second-order valence-corrected chi connectivity index (χ2v) is 8.73. The Labute approximate surface area is 216 Å². The zero-order valence-corrected chi connectivity index (χ0v) is 20.6. The second kappa shape index (κ2) is 9.58. The van der Waals surface area contributed by atoms with Gasteiger partial charge in [-0.1, -0.05) is 18.2 Å². The van der Waals surface area contributed by atoms with E-state index in [2.05, 4.69) is 20.6 Å². The van der Waals surface area contributed by atoms with Gasteiger partial charge in [0.15, 0.2) is 5.82 Å². The molecular formula is C26H25N9O3. The number of benzene rings is 2. The molecule has 1 atom stereocenters. The van der Waals surface area contributed by atoms with E-state index in [-0.39, 0.29) is 22.8 Å². The number of phenolic OH excluding ortho intramolecular Hbond substituents is 1. The molecule has 0 fully saturated rings. The van der Waals surface area contributed by atoms with E-state index in [9.17, 15) is 14.7 Å². The van der Waals surface area contributed by atoms with Crippen LogP contribution in [0.2, 0.25) is 0 Å². The lowest BCUT2D eigenvalue weighted by molar-refractivity contribution is 0.259. The van der Waals surface area contributed by atoms with Crippen LogP contribution in [-0.4, -0.2) is 35.3 Å². The molecular weight excluding hydrogens is 486 g/mol. The molecule has 0 aliphatic carbocycles. The van der Waals surface area contributed by atoms with Crippen molar-refractivity contribution in [3.63, 3.8) is 0 Å². The van der Waals surface area contributed by atoms with Gasteiger partial charge in [-0.25, -0.2) is 19.3 Å². The molecule has 0 saturated carbocycles. The Morgan fingerprint density at radius 1 is 1.11 bits per heavy atom. The molecule has 7 N–H and O–H groups in total. The highest BCUT2D eigenvalue weighted by Crippen LogP contribution is 2.36. The Balaban J connectivity index is 1.63. The van der Waals surface area contributed by atoms with Crippen molar-refractivity contribution < 1.29 is 9.90 Å². The Bertz CT molecular complexity index is 1730. The quantitative estimate of drug-likeness (QED) is 0.231. The van der Waals surface area contributed by atoms with Crippen LogP contribution in [0.25, 0.3) is 22.3 Å². The molecule has 38 heavy (non-hydrogen) atoms. The van der Waals surface area contributed by atoms with Crippen LogP contribution >= 0.6 is 0 Å². The number of urea groups is 1. The number of aromatic hydroxyl groups is 1. The smallest absolute Gasteiger partial charge is 0.316 e. The number of para-hydroxylation sites is 1. The maximum Gasteiger partial charge on any atom is 0.316 e. The Kier molecular flexibility index (Phi) is 6.13. The van der Waals surface area contributed by atoms with E-state index >= 15 is 0 Å². The van der Waals surface area contributed by atoms with Gasteiger partial charge in [-0.15, -0.1) is 0 Å². The molecule has 2 amide bonds. The van der Waals surface area contributed by atoms with Gasteiger partial charge in [-0.05, 0) is 55.3 Å². The number of nitrogens with one attached hydrogen (secondary N) is 2. The molecule has 0 bridgehead atoms. The van der Waals surface area contributed by atoms with E-state index in [1.165, 1.54) is 18.5 Å². The van der Waals surface area contributed by atoms with Gasteiger partial charge in [0.1, 0.15) is 29.2 Å². The molecule has 5 rings (SSSR count). The average Bonchev–Trinajstić information content (AvgIpc) is 3.24. The highest BCUT2D eigenvalue weighted by atomic mass is 16.3. The van der Waals surface area contributed by atoms with Crippen LogP contribution in [0.1, 0.15) is 24.4 Å². The predicted molar refractivity (Wildman–Crippen MR) is 144 cm³/mol. The van der Waals surface area contributed by atoms with E-state index in [4.69, 9.17) is 16.6 Å². The minimum Gasteiger partial charge on any atom is -0.508 e. The molecule has 5 aromatic rings. The number of phenols is 1. The first-order valence-electron chi connectivity index (χ1n) is 11.7. The standard InChI is InChI=1S/C26H25N9O3/c1-14-8-9-34-21(14)25(37)35(18-6-4-3-5-7-18)24(33-34)15(2)31-23-20(22(27)29-13-30-23)16-10-17(32-26(28)38)12-19(36)11-16/h3-13,15,36H,1-2H3,(H3,28,32,38)(H3,27,29,30,31)/t15-/m0/s1. The third-order valence-electron chi connectivity index (χ3n) is 6.02. The van der Waals surface area contributed by atoms with Gasteiger partial charge >= 0.3 is 6.03 Å². The molecule has 192 valence electrons. The molecule has 0 spiro atoms. The van der Waals surface area contributed by atoms with Crippen molar-refractivity contribution in [1.82, 2.24) is 24.1 Å². The van der Waals surface area contributed by atoms with Crippen molar-refractivity contribution in [3.05, 3.63) is 88.9 Å². The summed E-state index contributed by atoms with van der Waals surface area (Å²) in [6, 6.07) is 14.1. The van der Waals surface area contributed by atoms with Gasteiger partial charge in [0, 0.05) is 18.0 Å². The SMILES string of the molecule is Cc1ccn2nc([C@H](C)Nc3ncnc(N)c3-c3cc(O)cc(NC(N)=O)c3)n(-c3ccccc3)c(=O)c12. The number of carbonyl (C=O) groups is 1. The number of rotatable bonds is 6. The summed E-state index contributed by atoms with van der Waals surface area (Å²) in [6.07, 6.45) is 3.04. The number of aryl methyl sites for hydroxylation is 1. The third-order valence-corrected chi connectivity index (χ3v) is 6.02. The van der Waals surface area contributed by atoms with Gasteiger partial charge in [0.2, 0.25) is 0 Å². The predicted octanol–water partition coefficient (Wildman–Crippen LogP) is 3.20. The molecule has 0 saturated heterocycles. The molecule has 0 radical (unpaired) electrons. The zero-order chi connectivity index (χ0) is 27.0. The number of aromatic nitrogens is 5. The first kappa shape index (κ1) is 24.3. The number of anilines is 3. The third kappa shape index (κ3) is 4.46. The fraction of sp³-hybridized carbons (Fsp3) is 0.115. The Morgan fingerprint density at radius 2 is 1.87 bits per heavy atom. The van der Waals surface area contributed by atoms with E-state index in [0.717, 1.165) is 5.56 Å². The van der Waals surface area contributed by atoms with Crippen molar-refractivity contribution in [3.8, 4) is 22.6 Å². The summed E-state index contributed by atoms with van der Waals surface area (Å²) >= 11 is 0. The molecule has 0 unspecified atom stereocenters. The monoisotopic (exact) mass is 511 g/mol. The van der Waals surface area contributed by atoms with Crippen LogP contribution < -0.4 is 27.7 Å². The zero-order valence-electron chi connectivity index (χ0n) is 20.6. The van der Waals surface area contributed by atoms with Crippen LogP contribution in [0.4, 0.5) is 22.1 Å². The Hall–Kier alpha value is -5.39. The van der Waals surface area contributed by atoms with E-state index in [1.807, 2.05) is 50.2 Å². The lowest BCUT2D eigenvalue weighted by Crippen LogP contribution is -2.29. The van der Waals surface area contributed by atoms with Crippen molar-refractivity contribution in [2.75, 3.05) is 16.4 Å². The van der Waals surface area contributed by atoms with E-state index in [1.54, 1.807) is 21.3 Å². The minimum absolute atomic E-state index is 0.124. The lowest BCUT2D eigenvalue weighted by Gasteiger charge is -2.21. The molecule has 3 heterocycles. The maximum atomic E-state index is 13.7. The van der Waals surface area contributed by atoms with Gasteiger partial charge in [0.05, 0.1) is 17.3 Å². The normalized spacial score (nSPS) is 11.8. The van der Waals surface area contributed by atoms with Gasteiger partial charge in [-0.2, -0.15) is 5.10 Å². The van der Waals surface area contributed by atoms with Gasteiger partial charge in [0.25, 0.3) is 5.56 Å². The number of nitrogens with zero attached hydrogens (tertiary/aromatic N) is 5. The molecule has 2 aromatic carbocycles. The summed E-state index contributed by atoms with van der Waals surface area (Å²) in [5, 5.41) is 20.7. The fourth-order valence-electron chi connectivity index (χ4n) is 4.37. The number of hydrogen-bond acceptors (Lipinski definition) is 8. The lowest BCUT2D eigenvalue weighted by atomic mass is 10.0. The summed E-state index contributed by atoms with van der Waals surface area (Å²) < 4.78 is 3.13. The highest BCUT2D eigenvalue weighted by molar-refractivity contribution is 5.91. The summed E-state index contributed by atoms with van der Waals surface area (Å²) in [4.78, 5) is 33.5. The van der Waals surface area contributed by atoms with Gasteiger partial charge in [-0.3, -0.25) is 9.36 Å². The highest BCUT2D eigenvalue weighted by Gasteiger charge is 2.22. The first-order valence-corrected chi connectivity index (χ1v) is 11.7. The molecule has 0 aliphatic heterocycles. The van der Waals surface area contributed by atoms with Crippen molar-refractivity contribution in [2.45, 2.75) is 19.9 Å². The number of amides is 2. The number of primary amides is 1.